The Bertz CT molecular complexity index is 1400. The van der Waals surface area contributed by atoms with Crippen molar-refractivity contribution >= 4 is 28.4 Å². The van der Waals surface area contributed by atoms with Crippen LogP contribution in [0.2, 0.25) is 0 Å². The molecule has 3 aromatic carbocycles. The summed E-state index contributed by atoms with van der Waals surface area (Å²) in [5.41, 5.74) is 2.99. The maximum Gasteiger partial charge on any atom is 0.233 e. The van der Waals surface area contributed by atoms with Crippen LogP contribution in [0.25, 0.3) is 22.0 Å². The third-order valence-corrected chi connectivity index (χ3v) is 7.73. The van der Waals surface area contributed by atoms with Crippen LogP contribution in [0.4, 0.5) is 0 Å². The Hall–Kier alpha value is -3.58. The molecule has 0 bridgehead atoms. The molecule has 6 nitrogen and oxygen atoms in total. The smallest absolute Gasteiger partial charge is 0.233 e. The van der Waals surface area contributed by atoms with Crippen molar-refractivity contribution in [2.75, 3.05) is 25.5 Å². The zero-order valence-corrected chi connectivity index (χ0v) is 20.7. The van der Waals surface area contributed by atoms with Gasteiger partial charge in [-0.3, -0.25) is 4.79 Å². The number of rotatable bonds is 5. The number of nitrogens with zero attached hydrogens (tertiary/aromatic N) is 3. The first-order valence-electron chi connectivity index (χ1n) is 12.4. The SMILES string of the molecule is O=C(CSc1nnc(-c2ccccc2)c2ccccc12)N1CCC[C@@H]1c1ccc2c(c1)OCCCO2. The summed E-state index contributed by atoms with van der Waals surface area (Å²) in [6, 6.07) is 24.4. The van der Waals surface area contributed by atoms with Gasteiger partial charge in [-0.2, -0.15) is 0 Å². The highest BCUT2D eigenvalue weighted by atomic mass is 32.2. The Labute approximate surface area is 214 Å². The van der Waals surface area contributed by atoms with Gasteiger partial charge in [-0.1, -0.05) is 72.4 Å². The van der Waals surface area contributed by atoms with E-state index >= 15 is 0 Å². The van der Waals surface area contributed by atoms with Crippen molar-refractivity contribution in [1.29, 1.82) is 0 Å². The normalized spacial score (nSPS) is 17.2. The number of thioether (sulfide) groups is 1. The van der Waals surface area contributed by atoms with Crippen molar-refractivity contribution in [3.8, 4) is 22.8 Å². The van der Waals surface area contributed by atoms with Crippen molar-refractivity contribution in [2.24, 2.45) is 0 Å². The standard InChI is InChI=1S/C29H27N3O3S/c33-27(32-15-6-12-24(32)21-13-14-25-26(18-21)35-17-7-16-34-25)19-36-29-23-11-5-4-10-22(23)28(30-31-29)20-8-2-1-3-9-20/h1-5,8-11,13-14,18,24H,6-7,12,15-17,19H2/t24-/m1/s1. The monoisotopic (exact) mass is 497 g/mol. The Kier molecular flexibility index (Phi) is 6.47. The quantitative estimate of drug-likeness (QED) is 0.319. The number of ether oxygens (including phenoxy) is 2. The summed E-state index contributed by atoms with van der Waals surface area (Å²) in [4.78, 5) is 15.4. The number of amides is 1. The highest BCUT2D eigenvalue weighted by Gasteiger charge is 2.31. The molecule has 0 spiro atoms. The molecule has 4 aromatic rings. The number of aromatic nitrogens is 2. The predicted molar refractivity (Wildman–Crippen MR) is 141 cm³/mol. The van der Waals surface area contributed by atoms with Crippen LogP contribution in [0.1, 0.15) is 30.9 Å². The number of hydrogen-bond acceptors (Lipinski definition) is 6. The van der Waals surface area contributed by atoms with Gasteiger partial charge >= 0.3 is 0 Å². The lowest BCUT2D eigenvalue weighted by Gasteiger charge is -2.25. The van der Waals surface area contributed by atoms with Gasteiger partial charge < -0.3 is 14.4 Å². The average Bonchev–Trinajstić information content (AvgIpc) is 3.31. The highest BCUT2D eigenvalue weighted by molar-refractivity contribution is 8.00. The maximum absolute atomic E-state index is 13.4. The molecule has 0 radical (unpaired) electrons. The molecule has 0 N–H and O–H groups in total. The molecule has 182 valence electrons. The highest BCUT2D eigenvalue weighted by Crippen LogP contribution is 2.39. The molecule has 1 saturated heterocycles. The summed E-state index contributed by atoms with van der Waals surface area (Å²) in [6.07, 6.45) is 2.81. The van der Waals surface area contributed by atoms with Crippen LogP contribution in [0, 0.1) is 0 Å². The van der Waals surface area contributed by atoms with E-state index in [0.29, 0.717) is 19.0 Å². The van der Waals surface area contributed by atoms with E-state index in [2.05, 4.69) is 28.4 Å². The fourth-order valence-electron chi connectivity index (χ4n) is 5.01. The molecule has 7 heteroatoms. The average molecular weight is 498 g/mol. The molecule has 1 fully saturated rings. The Morgan fingerprint density at radius 1 is 0.889 bits per heavy atom. The molecule has 0 unspecified atom stereocenters. The van der Waals surface area contributed by atoms with Crippen molar-refractivity contribution in [3.63, 3.8) is 0 Å². The molecule has 1 atom stereocenters. The van der Waals surface area contributed by atoms with E-state index in [1.54, 1.807) is 0 Å². The molecule has 2 aliphatic rings. The zero-order chi connectivity index (χ0) is 24.3. The first-order chi connectivity index (χ1) is 17.8. The van der Waals surface area contributed by atoms with E-state index in [1.165, 1.54) is 11.8 Å². The fraction of sp³-hybridized carbons (Fsp3) is 0.276. The molecule has 0 saturated carbocycles. The third-order valence-electron chi connectivity index (χ3n) is 6.76. The molecular formula is C29H27N3O3S. The molecule has 0 aliphatic carbocycles. The van der Waals surface area contributed by atoms with Gasteiger partial charge in [0.1, 0.15) is 10.7 Å². The zero-order valence-electron chi connectivity index (χ0n) is 19.9. The molecular weight excluding hydrogens is 470 g/mol. The Balaban J connectivity index is 1.20. The molecule has 1 aromatic heterocycles. The lowest BCUT2D eigenvalue weighted by Crippen LogP contribution is -2.32. The van der Waals surface area contributed by atoms with Crippen molar-refractivity contribution < 1.29 is 14.3 Å². The van der Waals surface area contributed by atoms with Crippen LogP contribution in [-0.2, 0) is 4.79 Å². The minimum atomic E-state index is 0.0542. The lowest BCUT2D eigenvalue weighted by molar-refractivity contribution is -0.129. The van der Waals surface area contributed by atoms with Gasteiger partial charge in [-0.15, -0.1) is 10.2 Å². The molecule has 6 rings (SSSR count). The third kappa shape index (κ3) is 4.51. The van der Waals surface area contributed by atoms with Gasteiger partial charge in [-0.05, 0) is 30.5 Å². The summed E-state index contributed by atoms with van der Waals surface area (Å²) >= 11 is 1.46. The van der Waals surface area contributed by atoms with Crippen LogP contribution >= 0.6 is 11.8 Å². The van der Waals surface area contributed by atoms with E-state index in [1.807, 2.05) is 59.5 Å². The van der Waals surface area contributed by atoms with Crippen LogP contribution in [0.5, 0.6) is 11.5 Å². The van der Waals surface area contributed by atoms with Crippen molar-refractivity contribution in [3.05, 3.63) is 78.4 Å². The van der Waals surface area contributed by atoms with Gasteiger partial charge in [0.2, 0.25) is 5.91 Å². The van der Waals surface area contributed by atoms with Gasteiger partial charge in [-0.25, -0.2) is 0 Å². The fourth-order valence-corrected chi connectivity index (χ4v) is 5.87. The van der Waals surface area contributed by atoms with Crippen LogP contribution < -0.4 is 9.47 Å². The second kappa shape index (κ2) is 10.2. The van der Waals surface area contributed by atoms with E-state index in [9.17, 15) is 4.79 Å². The topological polar surface area (TPSA) is 64.6 Å². The number of hydrogen-bond donors (Lipinski definition) is 0. The number of benzene rings is 3. The number of carbonyl (C=O) groups excluding carboxylic acids is 1. The first kappa shape index (κ1) is 22.9. The van der Waals surface area contributed by atoms with E-state index in [-0.39, 0.29) is 11.9 Å². The maximum atomic E-state index is 13.4. The minimum Gasteiger partial charge on any atom is -0.490 e. The van der Waals surface area contributed by atoms with Crippen LogP contribution in [-0.4, -0.2) is 46.5 Å². The summed E-state index contributed by atoms with van der Waals surface area (Å²) in [7, 11) is 0. The molecule has 2 aliphatic heterocycles. The second-order valence-corrected chi connectivity index (χ2v) is 10.0. The van der Waals surface area contributed by atoms with Crippen LogP contribution in [0.15, 0.2) is 77.8 Å². The first-order valence-corrected chi connectivity index (χ1v) is 13.4. The van der Waals surface area contributed by atoms with Crippen molar-refractivity contribution in [1.82, 2.24) is 15.1 Å². The van der Waals surface area contributed by atoms with Gasteiger partial charge in [0.15, 0.2) is 11.5 Å². The summed E-state index contributed by atoms with van der Waals surface area (Å²) in [5, 5.41) is 11.9. The van der Waals surface area contributed by atoms with E-state index in [0.717, 1.165) is 69.9 Å². The van der Waals surface area contributed by atoms with Crippen molar-refractivity contribution in [2.45, 2.75) is 30.3 Å². The predicted octanol–water partition coefficient (Wildman–Crippen LogP) is 5.91. The van der Waals surface area contributed by atoms with Crippen LogP contribution in [0.3, 0.4) is 0 Å². The second-order valence-electron chi connectivity index (χ2n) is 9.06. The Morgan fingerprint density at radius 3 is 2.53 bits per heavy atom. The minimum absolute atomic E-state index is 0.0542. The molecule has 36 heavy (non-hydrogen) atoms. The van der Waals surface area contributed by atoms with Gasteiger partial charge in [0, 0.05) is 29.3 Å². The van der Waals surface area contributed by atoms with E-state index < -0.39 is 0 Å². The molecule has 3 heterocycles. The molecule has 1 amide bonds. The number of carbonyl (C=O) groups is 1. The summed E-state index contributed by atoms with van der Waals surface area (Å²) in [6.45, 7) is 2.08. The largest absolute Gasteiger partial charge is 0.490 e. The van der Waals surface area contributed by atoms with Gasteiger partial charge in [0.05, 0.1) is 25.0 Å². The van der Waals surface area contributed by atoms with E-state index in [4.69, 9.17) is 9.47 Å². The summed E-state index contributed by atoms with van der Waals surface area (Å²) < 4.78 is 11.7. The number of fused-ring (bicyclic) bond motifs is 2. The summed E-state index contributed by atoms with van der Waals surface area (Å²) in [5.74, 6) is 2.00. The van der Waals surface area contributed by atoms with Gasteiger partial charge in [0.25, 0.3) is 0 Å². The Morgan fingerprint density at radius 2 is 1.67 bits per heavy atom. The lowest BCUT2D eigenvalue weighted by atomic mass is 10.0. The number of likely N-dealkylation sites (tertiary alicyclic amines) is 1.